The minimum Gasteiger partial charge on any atom is -0.490 e. The molecule has 2 N–H and O–H groups in total. The third-order valence-electron chi connectivity index (χ3n) is 1.96. The fourth-order valence-electron chi connectivity index (χ4n) is 1.12. The van der Waals surface area contributed by atoms with Gasteiger partial charge in [-0.15, -0.1) is 0 Å². The molecule has 1 saturated carbocycles. The molecule has 0 bridgehead atoms. The predicted molar refractivity (Wildman–Crippen MR) is 48.0 cm³/mol. The van der Waals surface area contributed by atoms with Crippen molar-refractivity contribution in [2.24, 2.45) is 5.73 Å². The topological polar surface area (TPSA) is 35.2 Å². The first-order chi connectivity index (χ1) is 5.88. The molecule has 1 aliphatic rings. The molecule has 1 aliphatic carbocycles. The van der Waals surface area contributed by atoms with Gasteiger partial charge in [0.2, 0.25) is 0 Å². The fraction of sp³-hybridized carbons (Fsp3) is 0.400. The van der Waals surface area contributed by atoms with Crippen LogP contribution in [0.2, 0.25) is 0 Å². The summed E-state index contributed by atoms with van der Waals surface area (Å²) in [5.74, 6) is 0.959. The van der Waals surface area contributed by atoms with Crippen molar-refractivity contribution in [2.45, 2.75) is 25.5 Å². The van der Waals surface area contributed by atoms with Crippen LogP contribution in [0.5, 0.6) is 5.75 Å². The van der Waals surface area contributed by atoms with Crippen LogP contribution in [0.3, 0.4) is 0 Å². The van der Waals surface area contributed by atoms with Gasteiger partial charge < -0.3 is 10.5 Å². The first-order valence-corrected chi connectivity index (χ1v) is 4.34. The Morgan fingerprint density at radius 2 is 2.25 bits per heavy atom. The summed E-state index contributed by atoms with van der Waals surface area (Å²) in [6.07, 6.45) is 2.87. The van der Waals surface area contributed by atoms with Gasteiger partial charge in [0.1, 0.15) is 5.75 Å². The van der Waals surface area contributed by atoms with Crippen LogP contribution in [-0.4, -0.2) is 6.10 Å². The summed E-state index contributed by atoms with van der Waals surface area (Å²) >= 11 is 0. The maximum atomic E-state index is 5.61. The molecule has 1 aromatic carbocycles. The summed E-state index contributed by atoms with van der Waals surface area (Å²) < 4.78 is 5.61. The summed E-state index contributed by atoms with van der Waals surface area (Å²) in [5, 5.41) is 0. The molecule has 0 heterocycles. The smallest absolute Gasteiger partial charge is 0.120 e. The molecule has 0 radical (unpaired) electrons. The van der Waals surface area contributed by atoms with Crippen molar-refractivity contribution in [3.63, 3.8) is 0 Å². The molecule has 0 unspecified atom stereocenters. The minimum absolute atomic E-state index is 0.470. The average Bonchev–Trinajstić information content (AvgIpc) is 2.89. The molecule has 2 rings (SSSR count). The molecule has 2 heteroatoms. The molecule has 0 atom stereocenters. The fourth-order valence-corrected chi connectivity index (χ4v) is 1.12. The van der Waals surface area contributed by atoms with Crippen LogP contribution in [0.4, 0.5) is 0 Å². The summed E-state index contributed by atoms with van der Waals surface area (Å²) in [4.78, 5) is 0. The second-order valence-corrected chi connectivity index (χ2v) is 3.17. The van der Waals surface area contributed by atoms with E-state index in [-0.39, 0.29) is 0 Å². The van der Waals surface area contributed by atoms with E-state index in [1.807, 2.05) is 24.3 Å². The Kier molecular flexibility index (Phi) is 2.00. The normalized spacial score (nSPS) is 16.1. The molecule has 2 nitrogen and oxygen atoms in total. The van der Waals surface area contributed by atoms with E-state index in [4.69, 9.17) is 10.5 Å². The number of rotatable bonds is 3. The van der Waals surface area contributed by atoms with E-state index >= 15 is 0 Å². The Hall–Kier alpha value is -1.02. The zero-order valence-corrected chi connectivity index (χ0v) is 6.99. The van der Waals surface area contributed by atoms with Crippen LogP contribution in [-0.2, 0) is 6.54 Å². The number of hydrogen-bond acceptors (Lipinski definition) is 2. The molecule has 12 heavy (non-hydrogen) atoms. The van der Waals surface area contributed by atoms with Crippen molar-refractivity contribution in [1.29, 1.82) is 0 Å². The molecular formula is C10H13NO. The second-order valence-electron chi connectivity index (χ2n) is 3.17. The minimum atomic E-state index is 0.470. The van der Waals surface area contributed by atoms with Gasteiger partial charge in [-0.3, -0.25) is 0 Å². The molecule has 0 spiro atoms. The molecule has 0 saturated heterocycles. The summed E-state index contributed by atoms with van der Waals surface area (Å²) in [7, 11) is 0. The van der Waals surface area contributed by atoms with Crippen LogP contribution in [0.15, 0.2) is 24.3 Å². The Morgan fingerprint density at radius 3 is 2.92 bits per heavy atom. The van der Waals surface area contributed by atoms with Crippen molar-refractivity contribution in [3.05, 3.63) is 29.8 Å². The second kappa shape index (κ2) is 3.15. The summed E-state index contributed by atoms with van der Waals surface area (Å²) in [6, 6.07) is 8.00. The van der Waals surface area contributed by atoms with Crippen LogP contribution in [0.25, 0.3) is 0 Å². The van der Waals surface area contributed by atoms with Crippen molar-refractivity contribution in [3.8, 4) is 5.75 Å². The van der Waals surface area contributed by atoms with E-state index < -0.39 is 0 Å². The number of nitrogens with two attached hydrogens (primary N) is 1. The van der Waals surface area contributed by atoms with E-state index in [1.54, 1.807) is 0 Å². The highest BCUT2D eigenvalue weighted by Crippen LogP contribution is 2.26. The molecule has 1 aromatic rings. The number of benzene rings is 1. The van der Waals surface area contributed by atoms with Gasteiger partial charge in [-0.05, 0) is 30.5 Å². The van der Waals surface area contributed by atoms with E-state index in [9.17, 15) is 0 Å². The standard InChI is InChI=1S/C10H13NO/c11-7-8-2-1-3-10(6-8)12-9-4-5-9/h1-3,6,9H,4-5,7,11H2. The highest BCUT2D eigenvalue weighted by molar-refractivity contribution is 5.28. The van der Waals surface area contributed by atoms with Crippen LogP contribution < -0.4 is 10.5 Å². The van der Waals surface area contributed by atoms with Gasteiger partial charge in [-0.1, -0.05) is 12.1 Å². The lowest BCUT2D eigenvalue weighted by atomic mass is 10.2. The van der Waals surface area contributed by atoms with Crippen molar-refractivity contribution in [1.82, 2.24) is 0 Å². The predicted octanol–water partition coefficient (Wildman–Crippen LogP) is 1.69. The molecule has 0 aliphatic heterocycles. The van der Waals surface area contributed by atoms with Crippen LogP contribution in [0.1, 0.15) is 18.4 Å². The number of hydrogen-bond donors (Lipinski definition) is 1. The maximum Gasteiger partial charge on any atom is 0.120 e. The third-order valence-corrected chi connectivity index (χ3v) is 1.96. The average molecular weight is 163 g/mol. The number of ether oxygens (including phenoxy) is 1. The van der Waals surface area contributed by atoms with Gasteiger partial charge in [0.25, 0.3) is 0 Å². The highest BCUT2D eigenvalue weighted by Gasteiger charge is 2.23. The monoisotopic (exact) mass is 163 g/mol. The van der Waals surface area contributed by atoms with E-state index in [0.29, 0.717) is 12.6 Å². The van der Waals surface area contributed by atoms with Gasteiger partial charge >= 0.3 is 0 Å². The zero-order chi connectivity index (χ0) is 8.39. The summed E-state index contributed by atoms with van der Waals surface area (Å²) in [6.45, 7) is 0.585. The first kappa shape index (κ1) is 7.62. The molecule has 0 amide bonds. The molecular weight excluding hydrogens is 150 g/mol. The SMILES string of the molecule is NCc1cccc(OC2CC2)c1. The summed E-state index contributed by atoms with van der Waals surface area (Å²) in [5.41, 5.74) is 6.64. The van der Waals surface area contributed by atoms with Gasteiger partial charge in [-0.2, -0.15) is 0 Å². The van der Waals surface area contributed by atoms with Gasteiger partial charge in [0.05, 0.1) is 6.10 Å². The van der Waals surface area contributed by atoms with Gasteiger partial charge in [-0.25, -0.2) is 0 Å². The van der Waals surface area contributed by atoms with Crippen molar-refractivity contribution >= 4 is 0 Å². The van der Waals surface area contributed by atoms with E-state index in [2.05, 4.69) is 0 Å². The largest absolute Gasteiger partial charge is 0.490 e. The molecule has 1 fully saturated rings. The van der Waals surface area contributed by atoms with E-state index in [1.165, 1.54) is 12.8 Å². The van der Waals surface area contributed by atoms with Crippen molar-refractivity contribution in [2.75, 3.05) is 0 Å². The zero-order valence-electron chi connectivity index (χ0n) is 6.99. The lowest BCUT2D eigenvalue weighted by Crippen LogP contribution is -1.99. The quantitative estimate of drug-likeness (QED) is 0.735. The Morgan fingerprint density at radius 1 is 1.42 bits per heavy atom. The Balaban J connectivity index is 2.08. The maximum absolute atomic E-state index is 5.61. The first-order valence-electron chi connectivity index (χ1n) is 4.34. The van der Waals surface area contributed by atoms with Crippen molar-refractivity contribution < 1.29 is 4.74 Å². The van der Waals surface area contributed by atoms with Gasteiger partial charge in [0.15, 0.2) is 0 Å². The van der Waals surface area contributed by atoms with Crippen LogP contribution >= 0.6 is 0 Å². The van der Waals surface area contributed by atoms with E-state index in [0.717, 1.165) is 11.3 Å². The molecule has 64 valence electrons. The highest BCUT2D eigenvalue weighted by atomic mass is 16.5. The van der Waals surface area contributed by atoms with Gasteiger partial charge in [0, 0.05) is 6.54 Å². The van der Waals surface area contributed by atoms with Crippen LogP contribution in [0, 0.1) is 0 Å². The Labute approximate surface area is 72.3 Å². The lowest BCUT2D eigenvalue weighted by molar-refractivity contribution is 0.303. The Bertz CT molecular complexity index is 268. The lowest BCUT2D eigenvalue weighted by Gasteiger charge is -2.04. The third kappa shape index (κ3) is 1.77. The molecule has 0 aromatic heterocycles.